The van der Waals surface area contributed by atoms with Crippen LogP contribution in [0.15, 0.2) is 32.8 Å². The summed E-state index contributed by atoms with van der Waals surface area (Å²) in [6.07, 6.45) is 1.93. The first kappa shape index (κ1) is 19.6. The number of hydroxylamine groups is 1. The highest BCUT2D eigenvalue weighted by Crippen LogP contribution is 2.24. The highest BCUT2D eigenvalue weighted by molar-refractivity contribution is 7.99. The normalized spacial score (nSPS) is 14.3. The standard InChI is InChI=1S/C13H15ClFN5O3S2/c1-25(16,22)6-2-5-24-13-11(19-23-20-13)12(18-21)17-8-3-4-10(15)9(14)7-8/h3-4,7,16,21H,2,5-6H2,1H3,(H,17,18). The molecular formula is C13H15ClFN5O3S2. The van der Waals surface area contributed by atoms with Crippen molar-refractivity contribution in [1.82, 2.24) is 15.8 Å². The average molecular weight is 408 g/mol. The molecule has 2 rings (SSSR count). The molecule has 0 bridgehead atoms. The van der Waals surface area contributed by atoms with Gasteiger partial charge in [0.2, 0.25) is 0 Å². The van der Waals surface area contributed by atoms with E-state index in [0.717, 1.165) is 6.07 Å². The Morgan fingerprint density at radius 3 is 2.96 bits per heavy atom. The van der Waals surface area contributed by atoms with Crippen molar-refractivity contribution in [3.05, 3.63) is 34.7 Å². The van der Waals surface area contributed by atoms with Crippen LogP contribution in [-0.2, 0) is 9.73 Å². The minimum atomic E-state index is -2.54. The van der Waals surface area contributed by atoms with Gasteiger partial charge < -0.3 is 0 Å². The zero-order chi connectivity index (χ0) is 18.4. The van der Waals surface area contributed by atoms with Gasteiger partial charge in [-0.05, 0) is 34.9 Å². The van der Waals surface area contributed by atoms with Gasteiger partial charge in [-0.1, -0.05) is 11.6 Å². The summed E-state index contributed by atoms with van der Waals surface area (Å²) >= 11 is 6.96. The van der Waals surface area contributed by atoms with E-state index in [4.69, 9.17) is 16.4 Å². The van der Waals surface area contributed by atoms with Gasteiger partial charge in [0.05, 0.1) is 10.7 Å². The molecule has 2 aromatic rings. The van der Waals surface area contributed by atoms with Gasteiger partial charge in [-0.25, -0.2) is 14.0 Å². The molecule has 0 spiro atoms. The highest BCUT2D eigenvalue weighted by Gasteiger charge is 2.17. The van der Waals surface area contributed by atoms with E-state index in [1.807, 2.05) is 5.48 Å². The fourth-order valence-corrected chi connectivity index (χ4v) is 3.63. The van der Waals surface area contributed by atoms with E-state index in [1.165, 1.54) is 30.2 Å². The zero-order valence-electron chi connectivity index (χ0n) is 13.0. The molecule has 12 heteroatoms. The number of halogens is 2. The molecule has 25 heavy (non-hydrogen) atoms. The van der Waals surface area contributed by atoms with E-state index in [0.29, 0.717) is 22.9 Å². The summed E-state index contributed by atoms with van der Waals surface area (Å²) in [4.78, 5) is 4.10. The molecular weight excluding hydrogens is 393 g/mol. The molecule has 1 heterocycles. The van der Waals surface area contributed by atoms with Crippen molar-refractivity contribution >= 4 is 44.6 Å². The van der Waals surface area contributed by atoms with Crippen LogP contribution >= 0.6 is 23.4 Å². The Morgan fingerprint density at radius 1 is 1.56 bits per heavy atom. The second kappa shape index (κ2) is 8.61. The van der Waals surface area contributed by atoms with Crippen molar-refractivity contribution in [3.63, 3.8) is 0 Å². The van der Waals surface area contributed by atoms with Crippen LogP contribution in [0, 0.1) is 10.6 Å². The minimum Gasteiger partial charge on any atom is -0.290 e. The first-order valence-corrected chi connectivity index (χ1v) is 10.4. The molecule has 1 aromatic heterocycles. The Labute approximate surface area is 152 Å². The first-order chi connectivity index (χ1) is 11.8. The molecule has 136 valence electrons. The molecule has 3 N–H and O–H groups in total. The number of hydrogen-bond acceptors (Lipinski definition) is 8. The molecule has 1 aromatic carbocycles. The third kappa shape index (κ3) is 5.96. The third-order valence-corrected chi connectivity index (χ3v) is 5.24. The maximum atomic E-state index is 13.2. The van der Waals surface area contributed by atoms with Crippen LogP contribution in [0.1, 0.15) is 12.1 Å². The number of thioether (sulfide) groups is 1. The predicted octanol–water partition coefficient (Wildman–Crippen LogP) is 3.08. The van der Waals surface area contributed by atoms with Gasteiger partial charge in [-0.3, -0.25) is 19.7 Å². The number of hydrogen-bond donors (Lipinski definition) is 3. The third-order valence-electron chi connectivity index (χ3n) is 2.85. The van der Waals surface area contributed by atoms with Crippen LogP contribution < -0.4 is 5.48 Å². The van der Waals surface area contributed by atoms with Gasteiger partial charge >= 0.3 is 0 Å². The number of rotatable bonds is 7. The van der Waals surface area contributed by atoms with Crippen molar-refractivity contribution < 1.29 is 18.4 Å². The molecule has 0 radical (unpaired) electrons. The molecule has 0 saturated heterocycles. The lowest BCUT2D eigenvalue weighted by Crippen LogP contribution is -2.21. The fourth-order valence-electron chi connectivity index (χ4n) is 1.74. The number of nitrogens with zero attached hydrogens (tertiary/aromatic N) is 3. The Balaban J connectivity index is 2.14. The van der Waals surface area contributed by atoms with E-state index in [9.17, 15) is 13.8 Å². The van der Waals surface area contributed by atoms with Crippen LogP contribution in [-0.4, -0.2) is 43.3 Å². The van der Waals surface area contributed by atoms with E-state index in [2.05, 4.69) is 19.9 Å². The molecule has 0 fully saturated rings. The summed E-state index contributed by atoms with van der Waals surface area (Å²) in [5.74, 6) is 0.173. The summed E-state index contributed by atoms with van der Waals surface area (Å²) in [7, 11) is -2.54. The SMILES string of the molecule is CS(=N)(=O)CCCSc1nonc1C(=Nc1ccc(F)c(Cl)c1)NO. The van der Waals surface area contributed by atoms with Crippen molar-refractivity contribution in [3.8, 4) is 0 Å². The summed E-state index contributed by atoms with van der Waals surface area (Å²) in [5, 5.41) is 17.0. The molecule has 0 amide bonds. The van der Waals surface area contributed by atoms with E-state index < -0.39 is 15.5 Å². The van der Waals surface area contributed by atoms with Crippen molar-refractivity contribution in [2.75, 3.05) is 17.8 Å². The predicted molar refractivity (Wildman–Crippen MR) is 93.8 cm³/mol. The Hall–Kier alpha value is -1.69. The topological polar surface area (TPSA) is 124 Å². The molecule has 0 aliphatic rings. The van der Waals surface area contributed by atoms with Gasteiger partial charge in [0, 0.05) is 27.5 Å². The number of aromatic nitrogens is 2. The second-order valence-electron chi connectivity index (χ2n) is 5.00. The number of benzene rings is 1. The monoisotopic (exact) mass is 407 g/mol. The lowest BCUT2D eigenvalue weighted by atomic mass is 10.3. The molecule has 0 saturated carbocycles. The lowest BCUT2D eigenvalue weighted by molar-refractivity contribution is 0.234. The van der Waals surface area contributed by atoms with E-state index in [-0.39, 0.29) is 22.3 Å². The van der Waals surface area contributed by atoms with Crippen LogP contribution in [0.3, 0.4) is 0 Å². The summed E-state index contributed by atoms with van der Waals surface area (Å²) in [6.45, 7) is 0. The summed E-state index contributed by atoms with van der Waals surface area (Å²) in [6, 6.07) is 3.82. The van der Waals surface area contributed by atoms with Crippen LogP contribution in [0.2, 0.25) is 5.02 Å². The second-order valence-corrected chi connectivity index (χ2v) is 8.91. The largest absolute Gasteiger partial charge is 0.290 e. The fraction of sp³-hybridized carbons (Fsp3) is 0.308. The molecule has 1 atom stereocenters. The van der Waals surface area contributed by atoms with Gasteiger partial charge in [-0.2, -0.15) is 0 Å². The number of aliphatic imine (C=N–C) groups is 1. The van der Waals surface area contributed by atoms with Crippen LogP contribution in [0.4, 0.5) is 10.1 Å². The smallest absolute Gasteiger partial charge is 0.186 e. The molecule has 8 nitrogen and oxygen atoms in total. The minimum absolute atomic E-state index is 0.0498. The molecule has 0 aliphatic heterocycles. The average Bonchev–Trinajstić information content (AvgIpc) is 3.00. The molecule has 1 unspecified atom stereocenters. The Bertz CT molecular complexity index is 872. The Kier molecular flexibility index (Phi) is 6.76. The van der Waals surface area contributed by atoms with Gasteiger partial charge in [0.1, 0.15) is 5.82 Å². The van der Waals surface area contributed by atoms with Crippen molar-refractivity contribution in [2.24, 2.45) is 4.99 Å². The van der Waals surface area contributed by atoms with Gasteiger partial charge in [0.25, 0.3) is 0 Å². The summed E-state index contributed by atoms with van der Waals surface area (Å²) in [5.41, 5.74) is 2.36. The van der Waals surface area contributed by atoms with Crippen molar-refractivity contribution in [1.29, 1.82) is 4.78 Å². The maximum Gasteiger partial charge on any atom is 0.186 e. The quantitative estimate of drug-likeness (QED) is 0.212. The van der Waals surface area contributed by atoms with E-state index in [1.54, 1.807) is 0 Å². The highest BCUT2D eigenvalue weighted by atomic mass is 35.5. The number of nitrogens with one attached hydrogen (secondary N) is 2. The Morgan fingerprint density at radius 2 is 2.32 bits per heavy atom. The lowest BCUT2D eigenvalue weighted by Gasteiger charge is -2.04. The first-order valence-electron chi connectivity index (χ1n) is 6.91. The zero-order valence-corrected chi connectivity index (χ0v) is 15.4. The maximum absolute atomic E-state index is 13.2. The van der Waals surface area contributed by atoms with Gasteiger partial charge in [-0.15, -0.1) is 11.8 Å². The van der Waals surface area contributed by atoms with E-state index >= 15 is 0 Å². The summed E-state index contributed by atoms with van der Waals surface area (Å²) < 4.78 is 36.6. The molecule has 0 aliphatic carbocycles. The van der Waals surface area contributed by atoms with Crippen molar-refractivity contribution in [2.45, 2.75) is 11.4 Å². The number of amidine groups is 1. The van der Waals surface area contributed by atoms with Crippen LogP contribution in [0.25, 0.3) is 0 Å². The van der Waals surface area contributed by atoms with Crippen LogP contribution in [0.5, 0.6) is 0 Å². The van der Waals surface area contributed by atoms with Gasteiger partial charge in [0.15, 0.2) is 16.6 Å².